The van der Waals surface area contributed by atoms with Crippen molar-refractivity contribution in [2.24, 2.45) is 5.41 Å². The van der Waals surface area contributed by atoms with Gasteiger partial charge in [0.05, 0.1) is 5.69 Å². The van der Waals surface area contributed by atoms with Crippen molar-refractivity contribution in [3.05, 3.63) is 46.8 Å². The van der Waals surface area contributed by atoms with Crippen LogP contribution in [0, 0.1) is 26.2 Å². The van der Waals surface area contributed by atoms with Crippen LogP contribution in [0.2, 0.25) is 0 Å². The van der Waals surface area contributed by atoms with Crippen molar-refractivity contribution in [1.29, 1.82) is 0 Å². The van der Waals surface area contributed by atoms with Gasteiger partial charge < -0.3 is 9.42 Å². The fourth-order valence-corrected chi connectivity index (χ4v) is 4.31. The van der Waals surface area contributed by atoms with Crippen LogP contribution in [0.1, 0.15) is 35.4 Å². The lowest BCUT2D eigenvalue weighted by Crippen LogP contribution is -2.31. The third kappa shape index (κ3) is 2.97. The van der Waals surface area contributed by atoms with Crippen molar-refractivity contribution in [3.8, 4) is 0 Å². The second-order valence-electron chi connectivity index (χ2n) is 7.76. The van der Waals surface area contributed by atoms with E-state index in [1.54, 1.807) is 0 Å². The van der Waals surface area contributed by atoms with Crippen molar-refractivity contribution in [2.75, 3.05) is 24.5 Å². The fraction of sp³-hybridized carbons (Fsp3) is 0.500. The molecule has 132 valence electrons. The molecule has 2 aromatic rings. The van der Waals surface area contributed by atoms with Gasteiger partial charge in [0.25, 0.3) is 0 Å². The largest absolute Gasteiger partial charge is 0.361 e. The number of rotatable bonds is 3. The Hall–Kier alpha value is -2.14. The lowest BCUT2D eigenvalue weighted by atomic mass is 9.86. The molecule has 0 aliphatic carbocycles. The maximum Gasteiger partial charge on any atom is 0.227 e. The van der Waals surface area contributed by atoms with Crippen LogP contribution < -0.4 is 4.90 Å². The van der Waals surface area contributed by atoms with Gasteiger partial charge in [0.1, 0.15) is 5.76 Å². The zero-order valence-electron chi connectivity index (χ0n) is 15.2. The second kappa shape index (κ2) is 5.99. The number of aromatic nitrogens is 1. The first kappa shape index (κ1) is 16.3. The Morgan fingerprint density at radius 1 is 1.24 bits per heavy atom. The maximum atomic E-state index is 12.7. The Bertz CT molecular complexity index is 794. The number of anilines is 1. The predicted octanol–water partition coefficient (Wildman–Crippen LogP) is 3.23. The first-order chi connectivity index (χ1) is 12.0. The molecular formula is C20H25N3O2. The summed E-state index contributed by atoms with van der Waals surface area (Å²) in [6.45, 7) is 9.72. The topological polar surface area (TPSA) is 49.6 Å². The summed E-state index contributed by atoms with van der Waals surface area (Å²) < 4.78 is 5.29. The van der Waals surface area contributed by atoms with E-state index in [9.17, 15) is 4.79 Å². The zero-order chi connectivity index (χ0) is 17.6. The number of carbonyl (C=O) groups excluding carboxylic acids is 1. The number of hydrogen-bond donors (Lipinski definition) is 0. The molecule has 1 aromatic carbocycles. The van der Waals surface area contributed by atoms with E-state index < -0.39 is 0 Å². The highest BCUT2D eigenvalue weighted by molar-refractivity contribution is 5.96. The normalized spacial score (nSPS) is 24.0. The molecule has 0 saturated carbocycles. The molecule has 5 heteroatoms. The molecule has 1 amide bonds. The average Bonchev–Trinajstić information content (AvgIpc) is 3.22. The fourth-order valence-electron chi connectivity index (χ4n) is 4.31. The van der Waals surface area contributed by atoms with E-state index in [0.29, 0.717) is 6.42 Å². The first-order valence-electron chi connectivity index (χ1n) is 8.97. The molecule has 0 unspecified atom stereocenters. The highest BCUT2D eigenvalue weighted by atomic mass is 16.5. The molecule has 3 heterocycles. The zero-order valence-corrected chi connectivity index (χ0v) is 15.2. The summed E-state index contributed by atoms with van der Waals surface area (Å²) in [6.07, 6.45) is 1.73. The van der Waals surface area contributed by atoms with E-state index in [1.807, 2.05) is 30.9 Å². The highest BCUT2D eigenvalue weighted by Gasteiger charge is 2.47. The molecule has 0 radical (unpaired) electrons. The number of nitrogens with zero attached hydrogens (tertiary/aromatic N) is 3. The van der Waals surface area contributed by atoms with Crippen LogP contribution in [0.3, 0.4) is 0 Å². The van der Waals surface area contributed by atoms with Gasteiger partial charge in [-0.2, -0.15) is 0 Å². The van der Waals surface area contributed by atoms with E-state index in [1.165, 1.54) is 11.1 Å². The van der Waals surface area contributed by atoms with Gasteiger partial charge >= 0.3 is 0 Å². The van der Waals surface area contributed by atoms with E-state index in [-0.39, 0.29) is 11.3 Å². The van der Waals surface area contributed by atoms with Crippen LogP contribution in [-0.4, -0.2) is 35.6 Å². The SMILES string of the molecule is Cc1cccc(N2C[C@@]3(CCN(Cc4c(C)noc4C)C3)CC2=O)c1. The molecule has 0 N–H and O–H groups in total. The van der Waals surface area contributed by atoms with Crippen molar-refractivity contribution in [1.82, 2.24) is 10.1 Å². The molecule has 25 heavy (non-hydrogen) atoms. The first-order valence-corrected chi connectivity index (χ1v) is 8.97. The van der Waals surface area contributed by atoms with Gasteiger partial charge in [0, 0.05) is 42.7 Å². The Balaban J connectivity index is 1.48. The van der Waals surface area contributed by atoms with Crippen LogP contribution >= 0.6 is 0 Å². The molecule has 2 saturated heterocycles. The van der Waals surface area contributed by atoms with E-state index in [4.69, 9.17) is 4.52 Å². The number of aryl methyl sites for hydroxylation is 3. The Morgan fingerprint density at radius 2 is 2.08 bits per heavy atom. The summed E-state index contributed by atoms with van der Waals surface area (Å²) >= 11 is 0. The molecule has 1 spiro atoms. The highest BCUT2D eigenvalue weighted by Crippen LogP contribution is 2.42. The van der Waals surface area contributed by atoms with Gasteiger partial charge in [-0.15, -0.1) is 0 Å². The average molecular weight is 339 g/mol. The summed E-state index contributed by atoms with van der Waals surface area (Å²) in [5.74, 6) is 1.16. The number of carbonyl (C=O) groups is 1. The molecule has 2 fully saturated rings. The van der Waals surface area contributed by atoms with Crippen LogP contribution in [0.4, 0.5) is 5.69 Å². The van der Waals surface area contributed by atoms with Gasteiger partial charge in [-0.1, -0.05) is 17.3 Å². The quantitative estimate of drug-likeness (QED) is 0.861. The Kier molecular flexibility index (Phi) is 3.91. The molecule has 0 bridgehead atoms. The summed E-state index contributed by atoms with van der Waals surface area (Å²) in [5.41, 5.74) is 4.47. The van der Waals surface area contributed by atoms with Crippen molar-refractivity contribution >= 4 is 11.6 Å². The van der Waals surface area contributed by atoms with Crippen LogP contribution in [0.5, 0.6) is 0 Å². The smallest absolute Gasteiger partial charge is 0.227 e. The van der Waals surface area contributed by atoms with Gasteiger partial charge in [-0.3, -0.25) is 9.69 Å². The Labute approximate surface area is 148 Å². The van der Waals surface area contributed by atoms with Crippen LogP contribution in [0.15, 0.2) is 28.8 Å². The number of amides is 1. The van der Waals surface area contributed by atoms with E-state index in [0.717, 1.165) is 49.7 Å². The van der Waals surface area contributed by atoms with Crippen LogP contribution in [-0.2, 0) is 11.3 Å². The van der Waals surface area contributed by atoms with Gasteiger partial charge in [0.15, 0.2) is 0 Å². The number of benzene rings is 1. The van der Waals surface area contributed by atoms with Crippen molar-refractivity contribution in [3.63, 3.8) is 0 Å². The third-order valence-electron chi connectivity index (χ3n) is 5.71. The van der Waals surface area contributed by atoms with Crippen LogP contribution in [0.25, 0.3) is 0 Å². The number of likely N-dealkylation sites (tertiary alicyclic amines) is 1. The van der Waals surface area contributed by atoms with Crippen molar-refractivity contribution < 1.29 is 9.32 Å². The number of hydrogen-bond acceptors (Lipinski definition) is 4. The van der Waals surface area contributed by atoms with Gasteiger partial charge in [-0.25, -0.2) is 0 Å². The van der Waals surface area contributed by atoms with E-state index >= 15 is 0 Å². The summed E-state index contributed by atoms with van der Waals surface area (Å²) in [6, 6.07) is 8.25. The minimum absolute atomic E-state index is 0.0831. The maximum absolute atomic E-state index is 12.7. The Morgan fingerprint density at radius 3 is 2.80 bits per heavy atom. The molecule has 4 rings (SSSR count). The van der Waals surface area contributed by atoms with Gasteiger partial charge in [-0.05, 0) is 51.4 Å². The minimum atomic E-state index is 0.0831. The molecule has 1 aromatic heterocycles. The molecular weight excluding hydrogens is 314 g/mol. The minimum Gasteiger partial charge on any atom is -0.361 e. The lowest BCUT2D eigenvalue weighted by Gasteiger charge is -2.24. The molecule has 1 atom stereocenters. The predicted molar refractivity (Wildman–Crippen MR) is 96.5 cm³/mol. The molecule has 2 aliphatic rings. The standard InChI is InChI=1S/C20H25N3O2/c1-14-5-4-6-17(9-14)23-13-20(10-19(23)24)7-8-22(12-20)11-18-15(2)21-25-16(18)3/h4-6,9H,7-8,10-13H2,1-3H3/t20-/m0/s1. The van der Waals surface area contributed by atoms with Gasteiger partial charge in [0.2, 0.25) is 5.91 Å². The monoisotopic (exact) mass is 339 g/mol. The van der Waals surface area contributed by atoms with Crippen molar-refractivity contribution in [2.45, 2.75) is 40.2 Å². The van der Waals surface area contributed by atoms with E-state index in [2.05, 4.69) is 29.1 Å². The molecule has 2 aliphatic heterocycles. The second-order valence-corrected chi connectivity index (χ2v) is 7.76. The lowest BCUT2D eigenvalue weighted by molar-refractivity contribution is -0.117. The summed E-state index contributed by atoms with van der Waals surface area (Å²) in [5, 5.41) is 4.06. The summed E-state index contributed by atoms with van der Waals surface area (Å²) in [4.78, 5) is 17.1. The molecule has 5 nitrogen and oxygen atoms in total. The summed E-state index contributed by atoms with van der Waals surface area (Å²) in [7, 11) is 0. The third-order valence-corrected chi connectivity index (χ3v) is 5.71.